The van der Waals surface area contributed by atoms with Gasteiger partial charge in [-0.25, -0.2) is 0 Å². The van der Waals surface area contributed by atoms with Crippen LogP contribution in [0.15, 0.2) is 54.9 Å². The Kier molecular flexibility index (Phi) is 4.26. The number of methoxy groups -OCH3 is 2. The van der Waals surface area contributed by atoms with Gasteiger partial charge < -0.3 is 14.8 Å². The first-order valence-electron chi connectivity index (χ1n) is 8.06. The number of ether oxygens (including phenoxy) is 2. The largest absolute Gasteiger partial charge is 0.493 e. The molecule has 0 bridgehead atoms. The lowest BCUT2D eigenvalue weighted by atomic mass is 10.0. The first-order valence-corrected chi connectivity index (χ1v) is 8.43. The van der Waals surface area contributed by atoms with Gasteiger partial charge in [-0.15, -0.1) is 10.2 Å². The highest BCUT2D eigenvalue weighted by Gasteiger charge is 2.23. The Morgan fingerprint density at radius 3 is 2.54 bits per heavy atom. The van der Waals surface area contributed by atoms with Crippen molar-refractivity contribution >= 4 is 23.2 Å². The number of allylic oxidation sites excluding steroid dienone is 1. The second-order valence-electron chi connectivity index (χ2n) is 5.83. The van der Waals surface area contributed by atoms with Gasteiger partial charge in [-0.2, -0.15) is 0 Å². The molecule has 0 amide bonds. The molecule has 26 heavy (non-hydrogen) atoms. The quantitative estimate of drug-likeness (QED) is 0.754. The highest BCUT2D eigenvalue weighted by atomic mass is 35.5. The Bertz CT molecular complexity index is 966. The van der Waals surface area contributed by atoms with Crippen molar-refractivity contribution in [3.05, 3.63) is 71.0 Å². The third-order valence-corrected chi connectivity index (χ3v) is 4.60. The summed E-state index contributed by atoms with van der Waals surface area (Å²) in [5.74, 6) is 2.03. The highest BCUT2D eigenvalue weighted by Crippen LogP contribution is 2.35. The minimum absolute atomic E-state index is 0.0402. The number of nitrogens with zero attached hydrogens (tertiary/aromatic N) is 3. The van der Waals surface area contributed by atoms with E-state index in [1.807, 2.05) is 47.0 Å². The van der Waals surface area contributed by atoms with Crippen LogP contribution >= 0.6 is 11.6 Å². The molecule has 7 heteroatoms. The van der Waals surface area contributed by atoms with Crippen molar-refractivity contribution in [3.63, 3.8) is 0 Å². The monoisotopic (exact) mass is 368 g/mol. The van der Waals surface area contributed by atoms with Crippen molar-refractivity contribution in [2.45, 2.75) is 6.04 Å². The van der Waals surface area contributed by atoms with Crippen LogP contribution in [0.25, 0.3) is 5.70 Å². The summed E-state index contributed by atoms with van der Waals surface area (Å²) in [5, 5.41) is 12.2. The van der Waals surface area contributed by atoms with E-state index in [1.54, 1.807) is 20.5 Å². The lowest BCUT2D eigenvalue weighted by Gasteiger charge is -2.25. The number of halogens is 1. The van der Waals surface area contributed by atoms with E-state index >= 15 is 0 Å². The van der Waals surface area contributed by atoms with E-state index in [0.717, 1.165) is 16.8 Å². The van der Waals surface area contributed by atoms with Crippen LogP contribution in [0.5, 0.6) is 11.5 Å². The summed E-state index contributed by atoms with van der Waals surface area (Å²) in [4.78, 5) is 0. The lowest BCUT2D eigenvalue weighted by molar-refractivity contribution is 0.355. The SMILES string of the molecule is COc1ccc(C2=CC(c3ccc(Cl)cc3)n3cnnc3N2)cc1OC. The molecule has 4 rings (SSSR count). The van der Waals surface area contributed by atoms with Crippen LogP contribution < -0.4 is 14.8 Å². The fraction of sp³-hybridized carbons (Fsp3) is 0.158. The number of benzene rings is 2. The van der Waals surface area contributed by atoms with Gasteiger partial charge in [-0.05, 0) is 42.0 Å². The fourth-order valence-corrected chi connectivity index (χ4v) is 3.15. The first-order chi connectivity index (χ1) is 12.7. The van der Waals surface area contributed by atoms with Gasteiger partial charge in [0, 0.05) is 16.3 Å². The molecule has 2 heterocycles. The van der Waals surface area contributed by atoms with Crippen molar-refractivity contribution in [3.8, 4) is 11.5 Å². The Morgan fingerprint density at radius 2 is 1.81 bits per heavy atom. The molecule has 1 N–H and O–H groups in total. The standard InChI is InChI=1S/C19H17ClN4O2/c1-25-17-8-5-13(9-18(17)26-2)15-10-16(12-3-6-14(20)7-4-12)24-11-21-23-19(24)22-15/h3-11,16H,1-2H3,(H,22,23). The summed E-state index contributed by atoms with van der Waals surface area (Å²) in [7, 11) is 3.24. The minimum atomic E-state index is -0.0402. The Labute approximate surface area is 156 Å². The molecule has 0 saturated carbocycles. The molecule has 0 saturated heterocycles. The maximum atomic E-state index is 6.03. The molecule has 0 radical (unpaired) electrons. The molecule has 1 unspecified atom stereocenters. The second-order valence-corrected chi connectivity index (χ2v) is 6.27. The average Bonchev–Trinajstić information content (AvgIpc) is 3.16. The number of fused-ring (bicyclic) bond motifs is 1. The van der Waals surface area contributed by atoms with Crippen LogP contribution in [0, 0.1) is 0 Å². The van der Waals surface area contributed by atoms with Crippen molar-refractivity contribution in [2.75, 3.05) is 19.5 Å². The molecule has 132 valence electrons. The Hall–Kier alpha value is -2.99. The van der Waals surface area contributed by atoms with E-state index in [-0.39, 0.29) is 6.04 Å². The third kappa shape index (κ3) is 2.88. The van der Waals surface area contributed by atoms with Crippen LogP contribution in [-0.2, 0) is 0 Å². The molecule has 1 aromatic heterocycles. The molecule has 6 nitrogen and oxygen atoms in total. The molecule has 3 aromatic rings. The Morgan fingerprint density at radius 1 is 1.04 bits per heavy atom. The summed E-state index contributed by atoms with van der Waals surface area (Å²) in [6, 6.07) is 13.5. The molecular weight excluding hydrogens is 352 g/mol. The zero-order chi connectivity index (χ0) is 18.1. The van der Waals surface area contributed by atoms with Crippen LogP contribution in [0.4, 0.5) is 5.95 Å². The topological polar surface area (TPSA) is 61.2 Å². The van der Waals surface area contributed by atoms with Crippen LogP contribution in [0.2, 0.25) is 5.02 Å². The average molecular weight is 369 g/mol. The van der Waals surface area contributed by atoms with Gasteiger partial charge in [-0.3, -0.25) is 4.57 Å². The molecule has 0 fully saturated rings. The van der Waals surface area contributed by atoms with Crippen molar-refractivity contribution < 1.29 is 9.47 Å². The fourth-order valence-electron chi connectivity index (χ4n) is 3.02. The number of anilines is 1. The van der Waals surface area contributed by atoms with Crippen molar-refractivity contribution in [1.29, 1.82) is 0 Å². The smallest absolute Gasteiger partial charge is 0.229 e. The zero-order valence-corrected chi connectivity index (χ0v) is 15.1. The van der Waals surface area contributed by atoms with E-state index < -0.39 is 0 Å². The molecule has 0 spiro atoms. The van der Waals surface area contributed by atoms with Crippen LogP contribution in [0.1, 0.15) is 17.2 Å². The van der Waals surface area contributed by atoms with Gasteiger partial charge in [-0.1, -0.05) is 23.7 Å². The minimum Gasteiger partial charge on any atom is -0.493 e. The van der Waals surface area contributed by atoms with Crippen molar-refractivity contribution in [2.24, 2.45) is 0 Å². The zero-order valence-electron chi connectivity index (χ0n) is 14.3. The van der Waals surface area contributed by atoms with Gasteiger partial charge in [0.25, 0.3) is 0 Å². The van der Waals surface area contributed by atoms with Crippen LogP contribution in [0.3, 0.4) is 0 Å². The molecule has 1 aliphatic rings. The van der Waals surface area contributed by atoms with Crippen LogP contribution in [-0.4, -0.2) is 29.0 Å². The molecule has 0 aliphatic carbocycles. The van der Waals surface area contributed by atoms with Gasteiger partial charge in [0.2, 0.25) is 5.95 Å². The number of hydrogen-bond acceptors (Lipinski definition) is 5. The number of nitrogens with one attached hydrogen (secondary N) is 1. The van der Waals surface area contributed by atoms with Crippen molar-refractivity contribution in [1.82, 2.24) is 14.8 Å². The molecule has 1 aliphatic heterocycles. The van der Waals surface area contributed by atoms with E-state index in [2.05, 4.69) is 21.6 Å². The van der Waals surface area contributed by atoms with Gasteiger partial charge in [0.05, 0.1) is 20.3 Å². The lowest BCUT2D eigenvalue weighted by Crippen LogP contribution is -2.18. The Balaban J connectivity index is 1.78. The summed E-state index contributed by atoms with van der Waals surface area (Å²) in [5.41, 5.74) is 2.98. The van der Waals surface area contributed by atoms with Gasteiger partial charge >= 0.3 is 0 Å². The summed E-state index contributed by atoms with van der Waals surface area (Å²) >= 11 is 6.03. The summed E-state index contributed by atoms with van der Waals surface area (Å²) in [6.45, 7) is 0. The normalized spacial score (nSPS) is 15.7. The van der Waals surface area contributed by atoms with E-state index in [0.29, 0.717) is 22.5 Å². The number of aromatic nitrogens is 3. The highest BCUT2D eigenvalue weighted by molar-refractivity contribution is 6.30. The summed E-state index contributed by atoms with van der Waals surface area (Å²) < 4.78 is 12.7. The molecule has 1 atom stereocenters. The predicted octanol–water partition coefficient (Wildman–Crippen LogP) is 4.00. The predicted molar refractivity (Wildman–Crippen MR) is 101 cm³/mol. The maximum absolute atomic E-state index is 6.03. The second kappa shape index (κ2) is 6.72. The third-order valence-electron chi connectivity index (χ3n) is 4.35. The van der Waals surface area contributed by atoms with E-state index in [1.165, 1.54) is 0 Å². The number of hydrogen-bond donors (Lipinski definition) is 1. The van der Waals surface area contributed by atoms with Gasteiger partial charge in [0.15, 0.2) is 11.5 Å². The van der Waals surface area contributed by atoms with E-state index in [4.69, 9.17) is 21.1 Å². The summed E-state index contributed by atoms with van der Waals surface area (Å²) in [6.07, 6.45) is 3.84. The molecule has 2 aromatic carbocycles. The van der Waals surface area contributed by atoms with Gasteiger partial charge in [0.1, 0.15) is 6.33 Å². The molecular formula is C19H17ClN4O2. The number of rotatable bonds is 4. The van der Waals surface area contributed by atoms with E-state index in [9.17, 15) is 0 Å². The maximum Gasteiger partial charge on any atom is 0.229 e. The first kappa shape index (κ1) is 16.5.